The van der Waals surface area contributed by atoms with Crippen molar-refractivity contribution in [3.63, 3.8) is 0 Å². The fraction of sp³-hybridized carbons (Fsp3) is 0.909. The normalized spacial score (nSPS) is 12.7. The summed E-state index contributed by atoms with van der Waals surface area (Å²) in [7, 11) is 0.0449. The van der Waals surface area contributed by atoms with Crippen molar-refractivity contribution in [1.82, 2.24) is 5.32 Å². The lowest BCUT2D eigenvalue weighted by Gasteiger charge is -2.36. The summed E-state index contributed by atoms with van der Waals surface area (Å²) >= 11 is 0. The summed E-state index contributed by atoms with van der Waals surface area (Å²) in [4.78, 5) is 11.0. The number of nitrogens with one attached hydrogen (secondary N) is 1. The lowest BCUT2D eigenvalue weighted by molar-refractivity contribution is -0.120. The molecule has 90 valence electrons. The van der Waals surface area contributed by atoms with Crippen molar-refractivity contribution in [3.8, 4) is 0 Å². The Morgan fingerprint density at radius 1 is 1.33 bits per heavy atom. The maximum absolute atomic E-state index is 11.0. The van der Waals surface area contributed by atoms with Crippen LogP contribution in [0, 0.1) is 0 Å². The van der Waals surface area contributed by atoms with E-state index in [1.807, 2.05) is 0 Å². The van der Waals surface area contributed by atoms with Crippen LogP contribution in [-0.2, 0) is 9.22 Å². The molecule has 4 heteroatoms. The van der Waals surface area contributed by atoms with Crippen LogP contribution in [0.15, 0.2) is 0 Å². The number of carbonyl (C=O) groups is 1. The van der Waals surface area contributed by atoms with Crippen LogP contribution in [0.4, 0.5) is 0 Å². The molecule has 1 amide bonds. The molecule has 0 aromatic carbocycles. The summed E-state index contributed by atoms with van der Waals surface area (Å²) in [6, 6.07) is 0. The topological polar surface area (TPSA) is 38.3 Å². The highest BCUT2D eigenvalue weighted by Gasteiger charge is 2.36. The second kappa shape index (κ2) is 5.65. The van der Waals surface area contributed by atoms with Gasteiger partial charge < -0.3 is 9.74 Å². The molecular weight excluding hydrogens is 206 g/mol. The Morgan fingerprint density at radius 3 is 2.27 bits per heavy atom. The number of hydrogen-bond donors (Lipinski definition) is 1. The van der Waals surface area contributed by atoms with Gasteiger partial charge in [0.15, 0.2) is 8.32 Å². The molecule has 1 N–H and O–H groups in total. The zero-order valence-electron chi connectivity index (χ0n) is 10.9. The standard InChI is InChI=1S/C11H25NO2Si/c1-11(2,3)15(5,6)14-9-7-8-10(13)12-4/h7-9H2,1-6H3,(H,12,13). The quantitative estimate of drug-likeness (QED) is 0.583. The summed E-state index contributed by atoms with van der Waals surface area (Å²) in [5.41, 5.74) is 0. The Hall–Kier alpha value is -0.353. The Bertz CT molecular complexity index is 209. The molecule has 0 atom stereocenters. The summed E-state index contributed by atoms with van der Waals surface area (Å²) in [6.07, 6.45) is 1.37. The van der Waals surface area contributed by atoms with Crippen molar-refractivity contribution in [2.45, 2.75) is 51.7 Å². The highest BCUT2D eigenvalue weighted by atomic mass is 28.4. The van der Waals surface area contributed by atoms with Crippen LogP contribution in [0.3, 0.4) is 0 Å². The van der Waals surface area contributed by atoms with Gasteiger partial charge in [0, 0.05) is 20.1 Å². The first-order valence-corrected chi connectivity index (χ1v) is 8.46. The van der Waals surface area contributed by atoms with Gasteiger partial charge in [-0.3, -0.25) is 4.79 Å². The van der Waals surface area contributed by atoms with E-state index in [1.54, 1.807) is 7.05 Å². The predicted octanol–water partition coefficient (Wildman–Crippen LogP) is 2.53. The Morgan fingerprint density at radius 2 is 1.87 bits per heavy atom. The molecule has 0 spiro atoms. The van der Waals surface area contributed by atoms with Crippen LogP contribution in [0.2, 0.25) is 18.1 Å². The summed E-state index contributed by atoms with van der Waals surface area (Å²) in [5, 5.41) is 2.86. The second-order valence-electron chi connectivity index (χ2n) is 5.39. The maximum Gasteiger partial charge on any atom is 0.219 e. The zero-order valence-corrected chi connectivity index (χ0v) is 11.9. The summed E-state index contributed by atoms with van der Waals surface area (Å²) < 4.78 is 5.95. The molecule has 0 aromatic rings. The van der Waals surface area contributed by atoms with Crippen LogP contribution in [0.25, 0.3) is 0 Å². The van der Waals surface area contributed by atoms with Gasteiger partial charge in [0.25, 0.3) is 0 Å². The highest BCUT2D eigenvalue weighted by Crippen LogP contribution is 2.36. The van der Waals surface area contributed by atoms with E-state index in [2.05, 4.69) is 39.2 Å². The van der Waals surface area contributed by atoms with Gasteiger partial charge in [0.05, 0.1) is 0 Å². The van der Waals surface area contributed by atoms with E-state index >= 15 is 0 Å². The van der Waals surface area contributed by atoms with Crippen LogP contribution in [0.5, 0.6) is 0 Å². The average Bonchev–Trinajstić information content (AvgIpc) is 2.10. The van der Waals surface area contributed by atoms with E-state index in [9.17, 15) is 4.79 Å². The van der Waals surface area contributed by atoms with Crippen molar-refractivity contribution >= 4 is 14.2 Å². The third-order valence-corrected chi connectivity index (χ3v) is 7.63. The number of rotatable bonds is 5. The molecule has 0 radical (unpaired) electrons. The minimum Gasteiger partial charge on any atom is -0.417 e. The van der Waals surface area contributed by atoms with Gasteiger partial charge in [-0.15, -0.1) is 0 Å². The first kappa shape index (κ1) is 14.6. The second-order valence-corrected chi connectivity index (χ2v) is 10.2. The largest absolute Gasteiger partial charge is 0.417 e. The maximum atomic E-state index is 11.0. The lowest BCUT2D eigenvalue weighted by atomic mass is 10.2. The molecule has 0 aromatic heterocycles. The van der Waals surface area contributed by atoms with E-state index < -0.39 is 8.32 Å². The molecule has 0 heterocycles. The van der Waals surface area contributed by atoms with Crippen LogP contribution in [-0.4, -0.2) is 27.9 Å². The van der Waals surface area contributed by atoms with Gasteiger partial charge >= 0.3 is 0 Å². The first-order chi connectivity index (χ1) is 6.70. The smallest absolute Gasteiger partial charge is 0.219 e. The molecule has 3 nitrogen and oxygen atoms in total. The van der Waals surface area contributed by atoms with Gasteiger partial charge in [-0.05, 0) is 24.6 Å². The van der Waals surface area contributed by atoms with E-state index in [0.717, 1.165) is 6.42 Å². The number of amides is 1. The minimum absolute atomic E-state index is 0.0915. The lowest BCUT2D eigenvalue weighted by Crippen LogP contribution is -2.41. The van der Waals surface area contributed by atoms with Crippen molar-refractivity contribution in [2.24, 2.45) is 0 Å². The third-order valence-electron chi connectivity index (χ3n) is 3.10. The Kier molecular flexibility index (Phi) is 5.52. The number of carbonyl (C=O) groups excluding carboxylic acids is 1. The molecule has 0 rings (SSSR count). The summed E-state index contributed by atoms with van der Waals surface area (Å²) in [5.74, 6) is 0.0915. The fourth-order valence-corrected chi connectivity index (χ4v) is 1.99. The Labute approximate surface area is 94.7 Å². The van der Waals surface area contributed by atoms with Gasteiger partial charge in [-0.2, -0.15) is 0 Å². The van der Waals surface area contributed by atoms with Crippen LogP contribution < -0.4 is 5.32 Å². The van der Waals surface area contributed by atoms with E-state index in [1.165, 1.54) is 0 Å². The van der Waals surface area contributed by atoms with Crippen molar-refractivity contribution in [1.29, 1.82) is 0 Å². The highest BCUT2D eigenvalue weighted by molar-refractivity contribution is 6.74. The van der Waals surface area contributed by atoms with Gasteiger partial charge in [0.2, 0.25) is 5.91 Å². The molecule has 0 unspecified atom stereocenters. The number of hydrogen-bond acceptors (Lipinski definition) is 2. The molecule has 0 saturated carbocycles. The third kappa shape index (κ3) is 5.32. The van der Waals surface area contributed by atoms with Gasteiger partial charge in [-0.25, -0.2) is 0 Å². The zero-order chi connectivity index (χ0) is 12.1. The molecular formula is C11H25NO2Si. The molecule has 0 aliphatic rings. The van der Waals surface area contributed by atoms with Crippen molar-refractivity contribution in [3.05, 3.63) is 0 Å². The molecule has 0 bridgehead atoms. The van der Waals surface area contributed by atoms with E-state index in [-0.39, 0.29) is 10.9 Å². The van der Waals surface area contributed by atoms with Crippen molar-refractivity contribution < 1.29 is 9.22 Å². The SMILES string of the molecule is CNC(=O)CCCO[Si](C)(C)C(C)(C)C. The minimum atomic E-state index is -1.62. The monoisotopic (exact) mass is 231 g/mol. The van der Waals surface area contributed by atoms with E-state index in [0.29, 0.717) is 13.0 Å². The van der Waals surface area contributed by atoms with Crippen LogP contribution in [0.1, 0.15) is 33.6 Å². The van der Waals surface area contributed by atoms with Crippen molar-refractivity contribution in [2.75, 3.05) is 13.7 Å². The molecule has 15 heavy (non-hydrogen) atoms. The molecule has 0 saturated heterocycles. The Balaban J connectivity index is 3.82. The average molecular weight is 231 g/mol. The van der Waals surface area contributed by atoms with Gasteiger partial charge in [-0.1, -0.05) is 20.8 Å². The first-order valence-electron chi connectivity index (χ1n) is 5.55. The van der Waals surface area contributed by atoms with Crippen LogP contribution >= 0.6 is 0 Å². The summed E-state index contributed by atoms with van der Waals surface area (Å²) in [6.45, 7) is 11.8. The molecule has 0 fully saturated rings. The molecule has 0 aliphatic carbocycles. The van der Waals surface area contributed by atoms with Gasteiger partial charge in [0.1, 0.15) is 0 Å². The van der Waals surface area contributed by atoms with E-state index in [4.69, 9.17) is 4.43 Å². The predicted molar refractivity (Wildman–Crippen MR) is 66.4 cm³/mol. The fourth-order valence-electron chi connectivity index (χ4n) is 0.902. The molecule has 0 aliphatic heterocycles.